The van der Waals surface area contributed by atoms with E-state index in [-0.39, 0.29) is 11.9 Å². The molecule has 0 fully saturated rings. The van der Waals surface area contributed by atoms with Crippen LogP contribution in [0.2, 0.25) is 0 Å². The summed E-state index contributed by atoms with van der Waals surface area (Å²) in [5.74, 6) is -0.351. The molecule has 13 heavy (non-hydrogen) atoms. The number of amides is 1. The van der Waals surface area contributed by atoms with E-state index >= 15 is 0 Å². The van der Waals surface area contributed by atoms with Crippen LogP contribution in [0, 0.1) is 0 Å². The van der Waals surface area contributed by atoms with Crippen LogP contribution >= 0.6 is 0 Å². The number of nitrogens with one attached hydrogen (secondary N) is 1. The molecular formula is C10H13NO2. The first-order valence-electron chi connectivity index (χ1n) is 4.19. The zero-order chi connectivity index (χ0) is 9.68. The third-order valence-corrected chi connectivity index (χ3v) is 1.82. The number of aliphatic hydroxyl groups is 1. The standard InChI is InChI=1S/C10H13NO2/c1-8(11-10(13)7-12)9-5-3-2-4-6-9/h2-6,8,12H,7H2,1H3,(H,11,13)/t8-/m0/s1. The summed E-state index contributed by atoms with van der Waals surface area (Å²) in [7, 11) is 0. The number of hydrogen-bond acceptors (Lipinski definition) is 2. The molecule has 2 N–H and O–H groups in total. The van der Waals surface area contributed by atoms with E-state index in [1.165, 1.54) is 0 Å². The van der Waals surface area contributed by atoms with E-state index in [1.54, 1.807) is 0 Å². The van der Waals surface area contributed by atoms with Gasteiger partial charge in [0.05, 0.1) is 6.04 Å². The third-order valence-electron chi connectivity index (χ3n) is 1.82. The summed E-state index contributed by atoms with van der Waals surface area (Å²) in [6.07, 6.45) is 0. The lowest BCUT2D eigenvalue weighted by atomic mass is 10.1. The highest BCUT2D eigenvalue weighted by Gasteiger charge is 2.06. The Hall–Kier alpha value is -1.35. The molecule has 70 valence electrons. The molecule has 0 saturated carbocycles. The first-order chi connectivity index (χ1) is 6.24. The average molecular weight is 179 g/mol. The predicted octanol–water partition coefficient (Wildman–Crippen LogP) is 0.856. The van der Waals surface area contributed by atoms with Crippen LogP contribution in [0.3, 0.4) is 0 Å². The highest BCUT2D eigenvalue weighted by molar-refractivity contribution is 5.77. The molecule has 1 rings (SSSR count). The molecule has 3 heteroatoms. The maximum absolute atomic E-state index is 10.8. The molecule has 3 nitrogen and oxygen atoms in total. The third kappa shape index (κ3) is 2.87. The second-order valence-electron chi connectivity index (χ2n) is 2.86. The summed E-state index contributed by atoms with van der Waals surface area (Å²) in [4.78, 5) is 10.8. The van der Waals surface area contributed by atoms with Gasteiger partial charge in [0.15, 0.2) is 0 Å². The fourth-order valence-electron chi connectivity index (χ4n) is 1.11. The highest BCUT2D eigenvalue weighted by Crippen LogP contribution is 2.10. The minimum absolute atomic E-state index is 0.0548. The monoisotopic (exact) mass is 179 g/mol. The lowest BCUT2D eigenvalue weighted by Gasteiger charge is -2.12. The Labute approximate surface area is 77.4 Å². The van der Waals surface area contributed by atoms with E-state index < -0.39 is 6.61 Å². The molecule has 1 aromatic rings. The minimum Gasteiger partial charge on any atom is -0.387 e. The fourth-order valence-corrected chi connectivity index (χ4v) is 1.11. The Bertz CT molecular complexity index is 272. The highest BCUT2D eigenvalue weighted by atomic mass is 16.3. The molecule has 0 unspecified atom stereocenters. The lowest BCUT2D eigenvalue weighted by molar-refractivity contribution is -0.124. The predicted molar refractivity (Wildman–Crippen MR) is 50.1 cm³/mol. The van der Waals surface area contributed by atoms with Gasteiger partial charge >= 0.3 is 0 Å². The first kappa shape index (κ1) is 9.74. The zero-order valence-corrected chi connectivity index (χ0v) is 7.53. The van der Waals surface area contributed by atoms with Gasteiger partial charge in [0.1, 0.15) is 6.61 Å². The second-order valence-corrected chi connectivity index (χ2v) is 2.86. The van der Waals surface area contributed by atoms with Crippen molar-refractivity contribution >= 4 is 5.91 Å². The molecule has 0 heterocycles. The number of hydrogen-bond donors (Lipinski definition) is 2. The number of carbonyl (C=O) groups is 1. The Morgan fingerprint density at radius 3 is 2.62 bits per heavy atom. The molecule has 0 aromatic heterocycles. The largest absolute Gasteiger partial charge is 0.387 e. The number of benzene rings is 1. The van der Waals surface area contributed by atoms with Crippen molar-refractivity contribution in [2.75, 3.05) is 6.61 Å². The maximum atomic E-state index is 10.8. The van der Waals surface area contributed by atoms with Gasteiger partial charge in [-0.15, -0.1) is 0 Å². The number of aliphatic hydroxyl groups excluding tert-OH is 1. The SMILES string of the molecule is C[C@H](NC(=O)CO)c1ccccc1. The molecule has 0 aliphatic heterocycles. The van der Waals surface area contributed by atoms with Crippen LogP contribution < -0.4 is 5.32 Å². The van der Waals surface area contributed by atoms with E-state index in [2.05, 4.69) is 5.32 Å². The Balaban J connectivity index is 2.59. The van der Waals surface area contributed by atoms with Gasteiger partial charge in [0, 0.05) is 0 Å². The van der Waals surface area contributed by atoms with Gasteiger partial charge in [0.25, 0.3) is 0 Å². The van der Waals surface area contributed by atoms with Crippen molar-refractivity contribution in [1.82, 2.24) is 5.32 Å². The molecule has 1 atom stereocenters. The summed E-state index contributed by atoms with van der Waals surface area (Å²) in [5.41, 5.74) is 1.03. The van der Waals surface area contributed by atoms with Gasteiger partial charge in [-0.2, -0.15) is 0 Å². The van der Waals surface area contributed by atoms with Crippen LogP contribution in [0.25, 0.3) is 0 Å². The lowest BCUT2D eigenvalue weighted by Crippen LogP contribution is -2.28. The van der Waals surface area contributed by atoms with E-state index in [1.807, 2.05) is 37.3 Å². The van der Waals surface area contributed by atoms with Crippen LogP contribution in [-0.4, -0.2) is 17.6 Å². The number of rotatable bonds is 3. The van der Waals surface area contributed by atoms with Crippen LogP contribution in [-0.2, 0) is 4.79 Å². The van der Waals surface area contributed by atoms with Crippen LogP contribution in [0.5, 0.6) is 0 Å². The van der Waals surface area contributed by atoms with Crippen LogP contribution in [0.4, 0.5) is 0 Å². The maximum Gasteiger partial charge on any atom is 0.246 e. The van der Waals surface area contributed by atoms with Crippen molar-refractivity contribution in [2.45, 2.75) is 13.0 Å². The summed E-state index contributed by atoms with van der Waals surface area (Å²) in [6, 6.07) is 9.56. The van der Waals surface area contributed by atoms with Crippen molar-refractivity contribution in [1.29, 1.82) is 0 Å². The topological polar surface area (TPSA) is 49.3 Å². The Morgan fingerprint density at radius 2 is 2.08 bits per heavy atom. The van der Waals surface area contributed by atoms with Gasteiger partial charge in [-0.3, -0.25) is 4.79 Å². The summed E-state index contributed by atoms with van der Waals surface area (Å²) < 4.78 is 0. The molecular weight excluding hydrogens is 166 g/mol. The van der Waals surface area contributed by atoms with E-state index in [0.29, 0.717) is 0 Å². The van der Waals surface area contributed by atoms with Crippen LogP contribution in [0.15, 0.2) is 30.3 Å². The van der Waals surface area contributed by atoms with Gasteiger partial charge in [-0.05, 0) is 12.5 Å². The zero-order valence-electron chi connectivity index (χ0n) is 7.53. The quantitative estimate of drug-likeness (QED) is 0.723. The van der Waals surface area contributed by atoms with Crippen molar-refractivity contribution < 1.29 is 9.90 Å². The van der Waals surface area contributed by atoms with Crippen molar-refractivity contribution in [3.63, 3.8) is 0 Å². The van der Waals surface area contributed by atoms with Crippen molar-refractivity contribution in [2.24, 2.45) is 0 Å². The molecule has 1 amide bonds. The normalized spacial score (nSPS) is 12.2. The molecule has 0 spiro atoms. The molecule has 0 saturated heterocycles. The first-order valence-corrected chi connectivity index (χ1v) is 4.19. The summed E-state index contributed by atoms with van der Waals surface area (Å²) >= 11 is 0. The molecule has 1 aromatic carbocycles. The summed E-state index contributed by atoms with van der Waals surface area (Å²) in [5, 5.41) is 11.2. The minimum atomic E-state index is -0.461. The van der Waals surface area contributed by atoms with Crippen LogP contribution in [0.1, 0.15) is 18.5 Å². The summed E-state index contributed by atoms with van der Waals surface area (Å²) in [6.45, 7) is 1.42. The van der Waals surface area contributed by atoms with E-state index in [9.17, 15) is 4.79 Å². The van der Waals surface area contributed by atoms with E-state index in [0.717, 1.165) is 5.56 Å². The molecule has 0 aliphatic carbocycles. The van der Waals surface area contributed by atoms with Gasteiger partial charge in [0.2, 0.25) is 5.91 Å². The second kappa shape index (κ2) is 4.62. The average Bonchev–Trinajstić information content (AvgIpc) is 2.19. The van der Waals surface area contributed by atoms with Crippen molar-refractivity contribution in [3.8, 4) is 0 Å². The smallest absolute Gasteiger partial charge is 0.246 e. The van der Waals surface area contributed by atoms with Gasteiger partial charge in [-0.25, -0.2) is 0 Å². The Kier molecular flexibility index (Phi) is 3.46. The van der Waals surface area contributed by atoms with Gasteiger partial charge < -0.3 is 10.4 Å². The molecule has 0 bridgehead atoms. The van der Waals surface area contributed by atoms with Crippen molar-refractivity contribution in [3.05, 3.63) is 35.9 Å². The molecule has 0 radical (unpaired) electrons. The van der Waals surface area contributed by atoms with Gasteiger partial charge in [-0.1, -0.05) is 30.3 Å². The number of carbonyl (C=O) groups excluding carboxylic acids is 1. The Morgan fingerprint density at radius 1 is 1.46 bits per heavy atom. The van der Waals surface area contributed by atoms with E-state index in [4.69, 9.17) is 5.11 Å². The fraction of sp³-hybridized carbons (Fsp3) is 0.300. The molecule has 0 aliphatic rings.